The lowest BCUT2D eigenvalue weighted by Crippen LogP contribution is -2.19. The second kappa shape index (κ2) is 9.43. The summed E-state index contributed by atoms with van der Waals surface area (Å²) >= 11 is 0. The lowest BCUT2D eigenvalue weighted by atomic mass is 10.1. The quantitative estimate of drug-likeness (QED) is 0.576. The van der Waals surface area contributed by atoms with Crippen LogP contribution in [0.25, 0.3) is 0 Å². The highest BCUT2D eigenvalue weighted by Gasteiger charge is 2.06. The maximum Gasteiger partial charge on any atom is 0.126 e. The van der Waals surface area contributed by atoms with Gasteiger partial charge in [-0.05, 0) is 19.4 Å². The van der Waals surface area contributed by atoms with Crippen LogP contribution in [0.4, 0.5) is 0 Å². The highest BCUT2D eigenvalue weighted by Crippen LogP contribution is 2.23. The molecule has 0 aliphatic rings. The van der Waals surface area contributed by atoms with Gasteiger partial charge in [0.25, 0.3) is 0 Å². The van der Waals surface area contributed by atoms with E-state index in [1.165, 1.54) is 5.56 Å². The fraction of sp³-hybridized carbons (Fsp3) is 0.500. The Labute approximate surface area is 116 Å². The maximum atomic E-state index is 5.85. The zero-order valence-electron chi connectivity index (χ0n) is 12.1. The van der Waals surface area contributed by atoms with Gasteiger partial charge in [0.05, 0.1) is 13.2 Å². The number of para-hydroxylation sites is 1. The fourth-order valence-corrected chi connectivity index (χ4v) is 1.79. The standard InChI is InChI=1S/C16H23NO2/c1-4-5-6-11-19-16-14(2)8-7-9-15(16)13-17-10-12-18-3/h7-9,17H,6,10-13H2,1-3H3. The average Bonchev–Trinajstić information content (AvgIpc) is 2.42. The van der Waals surface area contributed by atoms with Gasteiger partial charge in [0.15, 0.2) is 0 Å². The summed E-state index contributed by atoms with van der Waals surface area (Å²) in [4.78, 5) is 0. The normalized spacial score (nSPS) is 9.84. The lowest BCUT2D eigenvalue weighted by molar-refractivity contribution is 0.199. The van der Waals surface area contributed by atoms with E-state index in [2.05, 4.69) is 42.3 Å². The largest absolute Gasteiger partial charge is 0.492 e. The van der Waals surface area contributed by atoms with Gasteiger partial charge in [0.1, 0.15) is 5.75 Å². The molecule has 0 spiro atoms. The van der Waals surface area contributed by atoms with Crippen molar-refractivity contribution in [2.45, 2.75) is 26.8 Å². The molecule has 3 nitrogen and oxygen atoms in total. The summed E-state index contributed by atoms with van der Waals surface area (Å²) in [5, 5.41) is 3.34. The highest BCUT2D eigenvalue weighted by molar-refractivity contribution is 5.40. The first kappa shape index (κ1) is 15.6. The molecule has 0 atom stereocenters. The number of nitrogens with one attached hydrogen (secondary N) is 1. The molecular formula is C16H23NO2. The second-order valence-corrected chi connectivity index (χ2v) is 4.26. The molecule has 1 N–H and O–H groups in total. The van der Waals surface area contributed by atoms with E-state index in [0.29, 0.717) is 13.2 Å². The van der Waals surface area contributed by atoms with Gasteiger partial charge in [-0.3, -0.25) is 0 Å². The Morgan fingerprint density at radius 3 is 2.84 bits per heavy atom. The van der Waals surface area contributed by atoms with Crippen molar-refractivity contribution in [3.63, 3.8) is 0 Å². The zero-order chi connectivity index (χ0) is 13.9. The molecule has 0 unspecified atom stereocenters. The van der Waals surface area contributed by atoms with Crippen molar-refractivity contribution in [3.05, 3.63) is 29.3 Å². The number of benzene rings is 1. The smallest absolute Gasteiger partial charge is 0.126 e. The molecule has 0 amide bonds. The Kier molecular flexibility index (Phi) is 7.72. The van der Waals surface area contributed by atoms with Crippen LogP contribution >= 0.6 is 0 Å². The summed E-state index contributed by atoms with van der Waals surface area (Å²) in [6.45, 7) is 6.90. The molecule has 0 saturated carbocycles. The van der Waals surface area contributed by atoms with Gasteiger partial charge in [-0.25, -0.2) is 0 Å². The summed E-state index contributed by atoms with van der Waals surface area (Å²) in [6, 6.07) is 6.22. The second-order valence-electron chi connectivity index (χ2n) is 4.26. The fourth-order valence-electron chi connectivity index (χ4n) is 1.79. The number of ether oxygens (including phenoxy) is 2. The van der Waals surface area contributed by atoms with E-state index in [1.807, 2.05) is 6.92 Å². The molecule has 0 bridgehead atoms. The Hall–Kier alpha value is -1.50. The van der Waals surface area contributed by atoms with Crippen LogP contribution in [-0.2, 0) is 11.3 Å². The van der Waals surface area contributed by atoms with Gasteiger partial charge in [0, 0.05) is 32.2 Å². The van der Waals surface area contributed by atoms with Crippen LogP contribution in [0.5, 0.6) is 5.75 Å². The molecule has 1 aromatic carbocycles. The van der Waals surface area contributed by atoms with Crippen molar-refractivity contribution in [1.29, 1.82) is 0 Å². The molecule has 0 aliphatic heterocycles. The van der Waals surface area contributed by atoms with Crippen molar-refractivity contribution in [2.75, 3.05) is 26.9 Å². The molecule has 0 fully saturated rings. The third-order valence-corrected chi connectivity index (χ3v) is 2.74. The van der Waals surface area contributed by atoms with Crippen LogP contribution in [0, 0.1) is 18.8 Å². The molecule has 1 aromatic rings. The van der Waals surface area contributed by atoms with Gasteiger partial charge in [-0.15, -0.1) is 11.8 Å². The Morgan fingerprint density at radius 1 is 1.26 bits per heavy atom. The summed E-state index contributed by atoms with van der Waals surface area (Å²) in [5.41, 5.74) is 2.34. The van der Waals surface area contributed by atoms with Crippen LogP contribution in [0.1, 0.15) is 24.5 Å². The predicted molar refractivity (Wildman–Crippen MR) is 78.3 cm³/mol. The van der Waals surface area contributed by atoms with Crippen LogP contribution in [0.2, 0.25) is 0 Å². The molecular weight excluding hydrogens is 238 g/mol. The molecule has 0 saturated heterocycles. The molecule has 0 heterocycles. The lowest BCUT2D eigenvalue weighted by Gasteiger charge is -2.14. The topological polar surface area (TPSA) is 30.5 Å². The Morgan fingerprint density at radius 2 is 2.11 bits per heavy atom. The van der Waals surface area contributed by atoms with Crippen molar-refractivity contribution in [2.24, 2.45) is 0 Å². The van der Waals surface area contributed by atoms with Gasteiger partial charge in [0.2, 0.25) is 0 Å². The number of hydrogen-bond acceptors (Lipinski definition) is 3. The first-order valence-corrected chi connectivity index (χ1v) is 6.60. The monoisotopic (exact) mass is 261 g/mol. The van der Waals surface area contributed by atoms with Crippen molar-refractivity contribution in [3.8, 4) is 17.6 Å². The number of hydrogen-bond donors (Lipinski definition) is 1. The van der Waals surface area contributed by atoms with Gasteiger partial charge >= 0.3 is 0 Å². The van der Waals surface area contributed by atoms with Crippen LogP contribution in [0.15, 0.2) is 18.2 Å². The number of aryl methyl sites for hydroxylation is 1. The molecule has 1 rings (SSSR count). The molecule has 19 heavy (non-hydrogen) atoms. The van der Waals surface area contributed by atoms with Crippen molar-refractivity contribution in [1.82, 2.24) is 5.32 Å². The van der Waals surface area contributed by atoms with Crippen LogP contribution in [-0.4, -0.2) is 26.9 Å². The number of methoxy groups -OCH3 is 1. The maximum absolute atomic E-state index is 5.85. The first-order valence-electron chi connectivity index (χ1n) is 6.60. The summed E-state index contributed by atoms with van der Waals surface area (Å²) in [6.07, 6.45) is 0.765. The van der Waals surface area contributed by atoms with Crippen LogP contribution in [0.3, 0.4) is 0 Å². The van der Waals surface area contributed by atoms with E-state index >= 15 is 0 Å². The van der Waals surface area contributed by atoms with Crippen LogP contribution < -0.4 is 10.1 Å². The van der Waals surface area contributed by atoms with E-state index in [1.54, 1.807) is 7.11 Å². The molecule has 0 aliphatic carbocycles. The molecule has 104 valence electrons. The first-order chi connectivity index (χ1) is 9.29. The number of rotatable bonds is 8. The summed E-state index contributed by atoms with van der Waals surface area (Å²) in [7, 11) is 1.71. The zero-order valence-corrected chi connectivity index (χ0v) is 12.1. The van der Waals surface area contributed by atoms with E-state index in [9.17, 15) is 0 Å². The minimum absolute atomic E-state index is 0.636. The Bertz CT molecular complexity index is 432. The summed E-state index contributed by atoms with van der Waals surface area (Å²) < 4.78 is 10.9. The van der Waals surface area contributed by atoms with E-state index in [4.69, 9.17) is 9.47 Å². The van der Waals surface area contributed by atoms with E-state index in [0.717, 1.165) is 30.8 Å². The molecule has 0 radical (unpaired) electrons. The van der Waals surface area contributed by atoms with Crippen molar-refractivity contribution >= 4 is 0 Å². The van der Waals surface area contributed by atoms with Gasteiger partial charge < -0.3 is 14.8 Å². The van der Waals surface area contributed by atoms with E-state index in [-0.39, 0.29) is 0 Å². The summed E-state index contributed by atoms with van der Waals surface area (Å²) in [5.74, 6) is 6.86. The van der Waals surface area contributed by atoms with Gasteiger partial charge in [-0.1, -0.05) is 18.2 Å². The Balaban J connectivity index is 2.57. The average molecular weight is 261 g/mol. The minimum Gasteiger partial charge on any atom is -0.492 e. The SMILES string of the molecule is CC#CCCOc1c(C)cccc1CNCCOC. The minimum atomic E-state index is 0.636. The van der Waals surface area contributed by atoms with Gasteiger partial charge in [-0.2, -0.15) is 0 Å². The van der Waals surface area contributed by atoms with Crippen molar-refractivity contribution < 1.29 is 9.47 Å². The molecule has 0 aromatic heterocycles. The third kappa shape index (κ3) is 5.78. The highest BCUT2D eigenvalue weighted by atomic mass is 16.5. The molecule has 3 heteroatoms. The predicted octanol–water partition coefficient (Wildman–Crippen LogP) is 2.52. The third-order valence-electron chi connectivity index (χ3n) is 2.74. The van der Waals surface area contributed by atoms with E-state index < -0.39 is 0 Å².